The molecule has 16 heavy (non-hydrogen) atoms. The molecule has 1 aromatic heterocycles. The largest absolute Gasteiger partial charge is 0.477 e. The average molecular weight is 246 g/mol. The van der Waals surface area contributed by atoms with Crippen LogP contribution in [-0.4, -0.2) is 33.2 Å². The molecule has 0 fully saturated rings. The van der Waals surface area contributed by atoms with Crippen molar-refractivity contribution in [2.45, 2.75) is 32.8 Å². The van der Waals surface area contributed by atoms with Crippen LogP contribution < -0.4 is 5.32 Å². The highest BCUT2D eigenvalue weighted by Gasteiger charge is 2.18. The van der Waals surface area contributed by atoms with E-state index in [0.717, 1.165) is 11.3 Å². The summed E-state index contributed by atoms with van der Waals surface area (Å²) in [5, 5.41) is 21.0. The highest BCUT2D eigenvalue weighted by atomic mass is 32.1. The van der Waals surface area contributed by atoms with Gasteiger partial charge >= 0.3 is 5.97 Å². The molecule has 0 aliphatic rings. The smallest absolute Gasteiger partial charge is 0.347 e. The molecule has 0 aromatic carbocycles. The summed E-state index contributed by atoms with van der Waals surface area (Å²) in [6, 6.07) is 0. The third-order valence-electron chi connectivity index (χ3n) is 1.43. The molecule has 1 atom stereocenters. The first-order chi connectivity index (χ1) is 7.28. The minimum absolute atomic E-state index is 0.102. The summed E-state index contributed by atoms with van der Waals surface area (Å²) in [5.41, 5.74) is -0.501. The Morgan fingerprint density at radius 3 is 2.69 bits per heavy atom. The van der Waals surface area contributed by atoms with E-state index in [-0.39, 0.29) is 4.88 Å². The molecule has 0 spiro atoms. The van der Waals surface area contributed by atoms with Gasteiger partial charge in [-0.05, 0) is 20.8 Å². The highest BCUT2D eigenvalue weighted by molar-refractivity contribution is 7.17. The van der Waals surface area contributed by atoms with Gasteiger partial charge in [-0.2, -0.15) is 0 Å². The summed E-state index contributed by atoms with van der Waals surface area (Å²) in [6.45, 7) is 5.38. The molecule has 1 rings (SSSR count). The van der Waals surface area contributed by atoms with Crippen LogP contribution in [0.4, 0.5) is 5.13 Å². The molecule has 1 heterocycles. The third kappa shape index (κ3) is 4.13. The first-order valence-electron chi connectivity index (χ1n) is 4.59. The zero-order valence-corrected chi connectivity index (χ0v) is 10.0. The number of aliphatic hydroxyl groups excluding tert-OH is 1. The number of ether oxygens (including phenoxy) is 1. The number of aromatic nitrogens is 1. The van der Waals surface area contributed by atoms with E-state index in [2.05, 4.69) is 10.3 Å². The van der Waals surface area contributed by atoms with Gasteiger partial charge in [0.2, 0.25) is 6.41 Å². The summed E-state index contributed by atoms with van der Waals surface area (Å²) in [6.07, 6.45) is 0.00637. The molecule has 90 valence electrons. The Morgan fingerprint density at radius 1 is 1.62 bits per heavy atom. The molecule has 6 nitrogen and oxygen atoms in total. The molecule has 3 N–H and O–H groups in total. The van der Waals surface area contributed by atoms with Gasteiger partial charge < -0.3 is 20.3 Å². The summed E-state index contributed by atoms with van der Waals surface area (Å²) < 4.78 is 5.18. The van der Waals surface area contributed by atoms with Gasteiger partial charge in [0, 0.05) is 0 Å². The van der Waals surface area contributed by atoms with Crippen molar-refractivity contribution in [3.8, 4) is 0 Å². The number of anilines is 1. The Bertz CT molecular complexity index is 372. The number of hydrogen-bond donors (Lipinski definition) is 3. The van der Waals surface area contributed by atoms with E-state index in [0.29, 0.717) is 5.13 Å². The van der Waals surface area contributed by atoms with Gasteiger partial charge in [0.05, 0.1) is 11.8 Å². The van der Waals surface area contributed by atoms with Crippen molar-refractivity contribution in [1.29, 1.82) is 0 Å². The number of rotatable bonds is 4. The van der Waals surface area contributed by atoms with Crippen LogP contribution in [0.1, 0.15) is 30.4 Å². The SMILES string of the molecule is CC(C)(C)OC(O)Nc1ncc(C(=O)O)s1. The van der Waals surface area contributed by atoms with E-state index in [1.54, 1.807) is 20.8 Å². The summed E-state index contributed by atoms with van der Waals surface area (Å²) >= 11 is 0.934. The lowest BCUT2D eigenvalue weighted by molar-refractivity contribution is -0.148. The molecular weight excluding hydrogens is 232 g/mol. The third-order valence-corrected chi connectivity index (χ3v) is 2.35. The van der Waals surface area contributed by atoms with Crippen molar-refractivity contribution in [1.82, 2.24) is 4.98 Å². The molecule has 0 saturated carbocycles. The number of carboxylic acid groups (broad SMARTS) is 1. The van der Waals surface area contributed by atoms with Gasteiger partial charge in [-0.25, -0.2) is 9.78 Å². The van der Waals surface area contributed by atoms with Gasteiger partial charge in [-0.3, -0.25) is 0 Å². The van der Waals surface area contributed by atoms with Gasteiger partial charge in [0.1, 0.15) is 4.88 Å². The zero-order valence-electron chi connectivity index (χ0n) is 9.22. The Kier molecular flexibility index (Phi) is 3.84. The summed E-state index contributed by atoms with van der Waals surface area (Å²) in [4.78, 5) is 14.5. The maximum absolute atomic E-state index is 10.6. The number of nitrogens with zero attached hydrogens (tertiary/aromatic N) is 1. The first kappa shape index (κ1) is 12.9. The van der Waals surface area contributed by atoms with Crippen LogP contribution in [0.2, 0.25) is 0 Å². The summed E-state index contributed by atoms with van der Waals surface area (Å²) in [7, 11) is 0. The van der Waals surface area contributed by atoms with Gasteiger partial charge in [0.25, 0.3) is 0 Å². The monoisotopic (exact) mass is 246 g/mol. The molecule has 0 aliphatic carbocycles. The van der Waals surface area contributed by atoms with Crippen LogP contribution in [0, 0.1) is 0 Å². The number of carbonyl (C=O) groups is 1. The van der Waals surface area contributed by atoms with Gasteiger partial charge in [0.15, 0.2) is 5.13 Å². The second kappa shape index (κ2) is 4.77. The normalized spacial score (nSPS) is 13.5. The standard InChI is InChI=1S/C9H14N2O4S/c1-9(2,3)15-8(14)11-7-10-4-5(16-7)6(12)13/h4,8,14H,1-3H3,(H,10,11)(H,12,13). The van der Waals surface area contributed by atoms with Crippen molar-refractivity contribution in [2.24, 2.45) is 0 Å². The highest BCUT2D eigenvalue weighted by Crippen LogP contribution is 2.19. The molecule has 7 heteroatoms. The van der Waals surface area contributed by atoms with Crippen molar-refractivity contribution in [2.75, 3.05) is 5.32 Å². The van der Waals surface area contributed by atoms with Crippen molar-refractivity contribution in [3.05, 3.63) is 11.1 Å². The van der Waals surface area contributed by atoms with Crippen molar-refractivity contribution >= 4 is 22.4 Å². The number of carboxylic acids is 1. The quantitative estimate of drug-likeness (QED) is 0.694. The van der Waals surface area contributed by atoms with Crippen LogP contribution in [-0.2, 0) is 4.74 Å². The molecule has 0 radical (unpaired) electrons. The van der Waals surface area contributed by atoms with Crippen molar-refractivity contribution in [3.63, 3.8) is 0 Å². The van der Waals surface area contributed by atoms with E-state index < -0.39 is 18.0 Å². The van der Waals surface area contributed by atoms with Crippen LogP contribution in [0.15, 0.2) is 6.20 Å². The topological polar surface area (TPSA) is 91.7 Å². The lowest BCUT2D eigenvalue weighted by Gasteiger charge is -2.23. The van der Waals surface area contributed by atoms with Crippen LogP contribution in [0.3, 0.4) is 0 Å². The number of hydrogen-bond acceptors (Lipinski definition) is 6. The fourth-order valence-corrected chi connectivity index (χ4v) is 1.58. The maximum Gasteiger partial charge on any atom is 0.347 e. The number of aromatic carboxylic acids is 1. The Hall–Kier alpha value is -1.18. The molecule has 0 bridgehead atoms. The van der Waals surface area contributed by atoms with E-state index in [1.807, 2.05) is 0 Å². The number of thiazole rings is 1. The van der Waals surface area contributed by atoms with Gasteiger partial charge in [-0.1, -0.05) is 11.3 Å². The molecule has 0 aliphatic heterocycles. The minimum Gasteiger partial charge on any atom is -0.477 e. The van der Waals surface area contributed by atoms with E-state index >= 15 is 0 Å². The zero-order chi connectivity index (χ0) is 12.3. The molecule has 0 amide bonds. The van der Waals surface area contributed by atoms with E-state index in [4.69, 9.17) is 9.84 Å². The Labute approximate surface area is 96.9 Å². The van der Waals surface area contributed by atoms with Crippen LogP contribution >= 0.6 is 11.3 Å². The number of aliphatic hydroxyl groups is 1. The average Bonchev–Trinajstić information content (AvgIpc) is 2.48. The number of nitrogens with one attached hydrogen (secondary N) is 1. The van der Waals surface area contributed by atoms with E-state index in [1.165, 1.54) is 6.20 Å². The lowest BCUT2D eigenvalue weighted by atomic mass is 10.2. The maximum atomic E-state index is 10.6. The Balaban J connectivity index is 2.56. The van der Waals surface area contributed by atoms with Crippen molar-refractivity contribution < 1.29 is 19.7 Å². The Morgan fingerprint density at radius 2 is 2.25 bits per heavy atom. The fraction of sp³-hybridized carbons (Fsp3) is 0.556. The fourth-order valence-electron chi connectivity index (χ4n) is 0.910. The molecule has 1 aromatic rings. The predicted molar refractivity (Wildman–Crippen MR) is 59.5 cm³/mol. The first-order valence-corrected chi connectivity index (χ1v) is 5.41. The van der Waals surface area contributed by atoms with Crippen LogP contribution in [0.5, 0.6) is 0 Å². The van der Waals surface area contributed by atoms with Crippen LogP contribution in [0.25, 0.3) is 0 Å². The second-order valence-electron chi connectivity index (χ2n) is 4.06. The predicted octanol–water partition coefficient (Wildman–Crippen LogP) is 1.34. The molecule has 1 unspecified atom stereocenters. The second-order valence-corrected chi connectivity index (χ2v) is 5.09. The summed E-state index contributed by atoms with van der Waals surface area (Å²) in [5.74, 6) is -1.04. The lowest BCUT2D eigenvalue weighted by Crippen LogP contribution is -2.32. The minimum atomic E-state index is -1.22. The van der Waals surface area contributed by atoms with Gasteiger partial charge in [-0.15, -0.1) is 0 Å². The van der Waals surface area contributed by atoms with E-state index in [9.17, 15) is 9.90 Å². The molecule has 0 saturated heterocycles. The molecular formula is C9H14N2O4S.